The van der Waals surface area contributed by atoms with Crippen molar-refractivity contribution in [1.82, 2.24) is 0 Å². The largest absolute Gasteiger partial charge is 0.508 e. The van der Waals surface area contributed by atoms with Crippen LogP contribution in [0.1, 0.15) is 51.4 Å². The van der Waals surface area contributed by atoms with E-state index in [9.17, 15) is 5.11 Å². The highest BCUT2D eigenvalue weighted by atomic mass is 79.9. The molecule has 0 fully saturated rings. The van der Waals surface area contributed by atoms with Crippen LogP contribution in [0.2, 0.25) is 0 Å². The molecule has 3 aliphatic rings. The number of rotatable bonds is 6. The topological polar surface area (TPSA) is 47.9 Å². The van der Waals surface area contributed by atoms with Gasteiger partial charge in [0.2, 0.25) is 0 Å². The van der Waals surface area contributed by atoms with Crippen LogP contribution in [0, 0.1) is 12.3 Å². The van der Waals surface area contributed by atoms with Gasteiger partial charge in [0.1, 0.15) is 34.5 Å². The monoisotopic (exact) mass is 998 g/mol. The fraction of sp³-hybridized carbons (Fsp3) is 0.0508. The summed E-state index contributed by atoms with van der Waals surface area (Å²) in [5.41, 5.74) is 11.2. The van der Waals surface area contributed by atoms with Crippen LogP contribution in [0.4, 0.5) is 0 Å². The molecule has 7 heteroatoms. The van der Waals surface area contributed by atoms with E-state index in [1.54, 1.807) is 12.1 Å². The van der Waals surface area contributed by atoms with Crippen molar-refractivity contribution < 1.29 is 18.8 Å². The van der Waals surface area contributed by atoms with Crippen LogP contribution < -0.4 is 13.7 Å². The summed E-state index contributed by atoms with van der Waals surface area (Å²) in [4.78, 5) is 0. The molecule has 0 radical (unpaired) electrons. The van der Waals surface area contributed by atoms with Crippen LogP contribution in [0.25, 0.3) is 38.2 Å². The summed E-state index contributed by atoms with van der Waals surface area (Å²) >= 11 is 11.8. The number of allylic oxidation sites excluding steroid dienone is 4. The summed E-state index contributed by atoms with van der Waals surface area (Å²) in [6, 6.07) is 58.0. The molecule has 66 heavy (non-hydrogen) atoms. The molecule has 1 N–H and O–H groups in total. The second-order valence-electron chi connectivity index (χ2n) is 16.8. The van der Waals surface area contributed by atoms with Crippen molar-refractivity contribution in [3.8, 4) is 58.0 Å². The zero-order valence-corrected chi connectivity index (χ0v) is 39.3. The lowest BCUT2D eigenvalue weighted by Gasteiger charge is -2.41. The lowest BCUT2D eigenvalue weighted by Crippen LogP contribution is -2.33. The maximum atomic E-state index is 10.4. The van der Waals surface area contributed by atoms with Gasteiger partial charge in [-0.2, -0.15) is 0 Å². The minimum absolute atomic E-state index is 0.214. The van der Waals surface area contributed by atoms with Crippen molar-refractivity contribution in [3.05, 3.63) is 241 Å². The second kappa shape index (κ2) is 15.3. The average Bonchev–Trinajstić information content (AvgIpc) is 3.78. The number of phenols is 1. The zero-order valence-electron chi connectivity index (χ0n) is 35.3. The van der Waals surface area contributed by atoms with Crippen molar-refractivity contribution in [1.29, 1.82) is 0 Å². The van der Waals surface area contributed by atoms with Gasteiger partial charge in [-0.05, 0) is 124 Å². The lowest BCUT2D eigenvalue weighted by atomic mass is 9.64. The van der Waals surface area contributed by atoms with Crippen molar-refractivity contribution in [3.63, 3.8) is 0 Å². The molecule has 9 aromatic carbocycles. The molecule has 1 heterocycles. The smallest absolute Gasteiger partial charge is 0.144 e. The van der Waals surface area contributed by atoms with Gasteiger partial charge in [0.05, 0.1) is 10.8 Å². The molecular formula is C59H36Br2O4S. The molecule has 1 atom stereocenters. The first-order valence-electron chi connectivity index (χ1n) is 21.5. The Bertz CT molecular complexity index is 3590. The number of benzene rings is 9. The Morgan fingerprint density at radius 2 is 1.15 bits per heavy atom. The fourth-order valence-electron chi connectivity index (χ4n) is 11.1. The molecule has 1 aliphatic heterocycles. The van der Waals surface area contributed by atoms with Gasteiger partial charge in [-0.3, -0.25) is 0 Å². The Morgan fingerprint density at radius 3 is 1.74 bits per heavy atom. The molecule has 1 unspecified atom stereocenters. The highest BCUT2D eigenvalue weighted by Gasteiger charge is 2.52. The summed E-state index contributed by atoms with van der Waals surface area (Å²) in [6.07, 6.45) is 10.6. The van der Waals surface area contributed by atoms with Gasteiger partial charge in [0, 0.05) is 60.1 Å². The number of thiol groups is 1. The van der Waals surface area contributed by atoms with Gasteiger partial charge in [-0.15, -0.1) is 6.42 Å². The van der Waals surface area contributed by atoms with Crippen molar-refractivity contribution >= 4 is 71.9 Å². The number of ether oxygens (including phenoxy) is 2. The van der Waals surface area contributed by atoms with Crippen LogP contribution in [0.15, 0.2) is 197 Å². The molecule has 4 nitrogen and oxygen atoms in total. The third kappa shape index (κ3) is 5.59. The molecule has 0 amide bonds. The van der Waals surface area contributed by atoms with Gasteiger partial charge in [-0.25, -0.2) is 0 Å². The lowest BCUT2D eigenvalue weighted by molar-refractivity contribution is 0.446. The first-order chi connectivity index (χ1) is 32.3. The first kappa shape index (κ1) is 40.6. The van der Waals surface area contributed by atoms with E-state index < -0.39 is 10.8 Å². The maximum Gasteiger partial charge on any atom is 0.144 e. The molecule has 12 rings (SSSR count). The SMILES string of the molecule is C#CC1=C(/C=C\C)C2(c3ccccc31)c1ccc3c(OS)cccc3c1Oc1c2ccc2c(Oc3ccc(C4(c5ccc(O)cc5)c5cc(Br)ccc5-c5ccc(Br)cc54)cc3)cccc12. The zero-order chi connectivity index (χ0) is 44.9. The van der Waals surface area contributed by atoms with Crippen molar-refractivity contribution in [2.24, 2.45) is 0 Å². The molecule has 2 aliphatic carbocycles. The van der Waals surface area contributed by atoms with Crippen LogP contribution in [0.5, 0.6) is 34.5 Å². The Kier molecular flexibility index (Phi) is 9.41. The predicted octanol–water partition coefficient (Wildman–Crippen LogP) is 16.0. The number of hydrogen-bond donors (Lipinski definition) is 2. The Balaban J connectivity index is 1.03. The van der Waals surface area contributed by atoms with E-state index in [2.05, 4.69) is 166 Å². The van der Waals surface area contributed by atoms with Crippen LogP contribution in [-0.4, -0.2) is 5.11 Å². The molecule has 1 spiro atoms. The normalized spacial score (nSPS) is 16.1. The molecule has 0 saturated carbocycles. The Labute approximate surface area is 404 Å². The maximum absolute atomic E-state index is 10.4. The molecule has 9 aromatic rings. The highest BCUT2D eigenvalue weighted by molar-refractivity contribution is 9.10. The van der Waals surface area contributed by atoms with E-state index in [4.69, 9.17) is 20.1 Å². The van der Waals surface area contributed by atoms with E-state index in [1.165, 1.54) is 0 Å². The summed E-state index contributed by atoms with van der Waals surface area (Å²) in [6.45, 7) is 2.03. The minimum atomic E-state index is -0.795. The number of fused-ring (bicyclic) bond motifs is 13. The third-order valence-corrected chi connectivity index (χ3v) is 14.9. The van der Waals surface area contributed by atoms with Gasteiger partial charge >= 0.3 is 0 Å². The van der Waals surface area contributed by atoms with Crippen LogP contribution in [-0.2, 0) is 10.8 Å². The molecule has 0 bridgehead atoms. The predicted molar refractivity (Wildman–Crippen MR) is 275 cm³/mol. The summed E-state index contributed by atoms with van der Waals surface area (Å²) < 4.78 is 21.7. The summed E-state index contributed by atoms with van der Waals surface area (Å²) in [5, 5.41) is 14.0. The van der Waals surface area contributed by atoms with E-state index >= 15 is 0 Å². The van der Waals surface area contributed by atoms with Gasteiger partial charge < -0.3 is 18.8 Å². The van der Waals surface area contributed by atoms with Gasteiger partial charge in [-0.1, -0.05) is 153 Å². The summed E-state index contributed by atoms with van der Waals surface area (Å²) in [7, 11) is 0. The number of phenolic OH excluding ortho intramolecular Hbond substituents is 1. The van der Waals surface area contributed by atoms with E-state index in [0.29, 0.717) is 17.2 Å². The fourth-order valence-corrected chi connectivity index (χ4v) is 12.0. The van der Waals surface area contributed by atoms with Crippen molar-refractivity contribution in [2.45, 2.75) is 17.8 Å². The van der Waals surface area contributed by atoms with E-state index in [-0.39, 0.29) is 5.75 Å². The van der Waals surface area contributed by atoms with E-state index in [0.717, 1.165) is 109 Å². The standard InChI is InChI=1S/C59H36Br2O4S/c1-3-9-48-40(4-2)41-10-5-6-13-49(41)59(48)50-30-28-44-46(56(50)64-57-47-12-8-15-55(65-66)45(47)29-31-51(57)59)11-7-14-54(44)63-39-24-18-35(19-25-39)58(34-16-22-38(62)23-17-34)52-32-36(60)20-26-42(52)43-27-21-37(61)33-53(43)58/h2-3,5-33,62,66H,1H3/b9-3-. The number of halogens is 2. The summed E-state index contributed by atoms with van der Waals surface area (Å²) in [5.74, 6) is 6.77. The number of aromatic hydroxyl groups is 1. The molecule has 316 valence electrons. The average molecular weight is 1000 g/mol. The minimum Gasteiger partial charge on any atom is -0.508 e. The highest BCUT2D eigenvalue weighted by Crippen LogP contribution is 2.64. The second-order valence-corrected chi connectivity index (χ2v) is 18.8. The first-order valence-corrected chi connectivity index (χ1v) is 23.5. The van der Waals surface area contributed by atoms with Crippen LogP contribution >= 0.6 is 44.8 Å². The molecule has 0 aromatic heterocycles. The molecule has 0 saturated heterocycles. The van der Waals surface area contributed by atoms with Crippen molar-refractivity contribution in [2.75, 3.05) is 0 Å². The van der Waals surface area contributed by atoms with Crippen LogP contribution in [0.3, 0.4) is 0 Å². The quantitative estimate of drug-likeness (QED) is 0.0990. The number of hydrogen-bond acceptors (Lipinski definition) is 5. The van der Waals surface area contributed by atoms with Gasteiger partial charge in [0.15, 0.2) is 0 Å². The number of terminal acetylenes is 1. The Morgan fingerprint density at radius 1 is 0.576 bits per heavy atom. The van der Waals surface area contributed by atoms with Gasteiger partial charge in [0.25, 0.3) is 0 Å². The Hall–Kier alpha value is -6.95. The third-order valence-electron chi connectivity index (χ3n) is 13.7. The van der Waals surface area contributed by atoms with E-state index in [1.807, 2.05) is 61.5 Å². The molecular weight excluding hydrogens is 965 g/mol.